The molecule has 1 aromatic heterocycles. The normalized spacial score (nSPS) is 10.9. The Morgan fingerprint density at radius 2 is 1.95 bits per heavy atom. The summed E-state index contributed by atoms with van der Waals surface area (Å²) >= 11 is 5.75. The first kappa shape index (κ1) is 12.8. The predicted molar refractivity (Wildman–Crippen MR) is 74.0 cm³/mol. The fourth-order valence-electron chi connectivity index (χ4n) is 2.22. The van der Waals surface area contributed by atoms with E-state index in [0.29, 0.717) is 22.9 Å². The lowest BCUT2D eigenvalue weighted by Crippen LogP contribution is -1.89. The van der Waals surface area contributed by atoms with Gasteiger partial charge in [-0.3, -0.25) is 4.79 Å². The Bertz CT molecular complexity index is 826. The highest BCUT2D eigenvalue weighted by Gasteiger charge is 2.17. The summed E-state index contributed by atoms with van der Waals surface area (Å²) in [5, 5.41) is 0.374. The molecule has 3 aromatic rings. The molecule has 1 N–H and O–H groups in total. The molecule has 0 radical (unpaired) electrons. The molecule has 0 aliphatic carbocycles. The number of nitrogens with one attached hydrogen (secondary N) is 1. The van der Waals surface area contributed by atoms with E-state index in [1.54, 1.807) is 6.07 Å². The van der Waals surface area contributed by atoms with Crippen LogP contribution in [0.25, 0.3) is 22.2 Å². The topological polar surface area (TPSA) is 32.9 Å². The summed E-state index contributed by atoms with van der Waals surface area (Å²) in [7, 11) is 0. The molecule has 2 aromatic carbocycles. The molecule has 1 heterocycles. The van der Waals surface area contributed by atoms with Gasteiger partial charge in [0, 0.05) is 22.0 Å². The number of hydrogen-bond donors (Lipinski definition) is 1. The van der Waals surface area contributed by atoms with Crippen molar-refractivity contribution in [3.8, 4) is 11.3 Å². The molecule has 20 heavy (non-hydrogen) atoms. The Kier molecular flexibility index (Phi) is 3.03. The van der Waals surface area contributed by atoms with Gasteiger partial charge in [-0.05, 0) is 30.3 Å². The number of benzene rings is 2. The summed E-state index contributed by atoms with van der Waals surface area (Å²) in [6.45, 7) is 0. The molecule has 0 atom stereocenters. The van der Waals surface area contributed by atoms with E-state index in [1.165, 1.54) is 30.3 Å². The van der Waals surface area contributed by atoms with Crippen LogP contribution in [0, 0.1) is 11.6 Å². The van der Waals surface area contributed by atoms with Crippen LogP contribution in [0.2, 0.25) is 5.02 Å². The van der Waals surface area contributed by atoms with Gasteiger partial charge in [0.1, 0.15) is 5.82 Å². The number of aldehydes is 1. The lowest BCUT2D eigenvalue weighted by molar-refractivity contribution is 0.112. The molecule has 0 saturated heterocycles. The van der Waals surface area contributed by atoms with Gasteiger partial charge in [-0.1, -0.05) is 17.7 Å². The Morgan fingerprint density at radius 3 is 2.70 bits per heavy atom. The quantitative estimate of drug-likeness (QED) is 0.689. The van der Waals surface area contributed by atoms with E-state index in [9.17, 15) is 13.6 Å². The molecule has 0 spiro atoms. The maximum atomic E-state index is 14.1. The van der Waals surface area contributed by atoms with Crippen molar-refractivity contribution in [2.75, 3.05) is 0 Å². The lowest BCUT2D eigenvalue weighted by atomic mass is 10.1. The molecular weight excluding hydrogens is 284 g/mol. The molecule has 0 amide bonds. The van der Waals surface area contributed by atoms with Crippen molar-refractivity contribution in [3.63, 3.8) is 0 Å². The van der Waals surface area contributed by atoms with Gasteiger partial charge in [0.25, 0.3) is 0 Å². The van der Waals surface area contributed by atoms with Gasteiger partial charge in [0.05, 0.1) is 10.7 Å². The Labute approximate surface area is 118 Å². The Morgan fingerprint density at radius 1 is 1.15 bits per heavy atom. The van der Waals surface area contributed by atoms with Crippen LogP contribution >= 0.6 is 11.6 Å². The average Bonchev–Trinajstić information content (AvgIpc) is 2.79. The molecule has 2 nitrogen and oxygen atoms in total. The SMILES string of the molecule is O=Cc1c(-c2cccc(Cl)c2F)[nH]c2ccc(F)cc12. The summed E-state index contributed by atoms with van der Waals surface area (Å²) in [4.78, 5) is 14.2. The number of carbonyl (C=O) groups excluding carboxylic acids is 1. The van der Waals surface area contributed by atoms with Gasteiger partial charge in [-0.2, -0.15) is 0 Å². The van der Waals surface area contributed by atoms with Crippen LogP contribution < -0.4 is 0 Å². The van der Waals surface area contributed by atoms with Crippen molar-refractivity contribution >= 4 is 28.8 Å². The second kappa shape index (κ2) is 4.72. The highest BCUT2D eigenvalue weighted by Crippen LogP contribution is 2.33. The van der Waals surface area contributed by atoms with Gasteiger partial charge in [0.15, 0.2) is 12.1 Å². The van der Waals surface area contributed by atoms with Crippen molar-refractivity contribution < 1.29 is 13.6 Å². The van der Waals surface area contributed by atoms with E-state index in [4.69, 9.17) is 11.6 Å². The third-order valence-corrected chi connectivity index (χ3v) is 3.43. The number of carbonyl (C=O) groups is 1. The van der Waals surface area contributed by atoms with Gasteiger partial charge in [0.2, 0.25) is 0 Å². The highest BCUT2D eigenvalue weighted by molar-refractivity contribution is 6.31. The van der Waals surface area contributed by atoms with Gasteiger partial charge in [-0.15, -0.1) is 0 Å². The van der Waals surface area contributed by atoms with Crippen LogP contribution in [0.4, 0.5) is 8.78 Å². The van der Waals surface area contributed by atoms with Crippen LogP contribution in [0.3, 0.4) is 0 Å². The van der Waals surface area contributed by atoms with Crippen LogP contribution in [0.1, 0.15) is 10.4 Å². The third-order valence-electron chi connectivity index (χ3n) is 3.14. The smallest absolute Gasteiger partial charge is 0.152 e. The summed E-state index contributed by atoms with van der Waals surface area (Å²) < 4.78 is 27.4. The second-order valence-corrected chi connectivity index (χ2v) is 4.73. The van der Waals surface area contributed by atoms with E-state index in [-0.39, 0.29) is 16.1 Å². The molecule has 0 saturated carbocycles. The van der Waals surface area contributed by atoms with E-state index >= 15 is 0 Å². The zero-order valence-electron chi connectivity index (χ0n) is 10.1. The first-order chi connectivity index (χ1) is 9.61. The maximum Gasteiger partial charge on any atom is 0.152 e. The van der Waals surface area contributed by atoms with Crippen LogP contribution in [0.15, 0.2) is 36.4 Å². The molecule has 0 bridgehead atoms. The molecule has 0 aliphatic rings. The highest BCUT2D eigenvalue weighted by atomic mass is 35.5. The summed E-state index contributed by atoms with van der Waals surface area (Å²) in [6, 6.07) is 8.52. The zero-order chi connectivity index (χ0) is 14.3. The van der Waals surface area contributed by atoms with Gasteiger partial charge >= 0.3 is 0 Å². The van der Waals surface area contributed by atoms with Gasteiger partial charge in [-0.25, -0.2) is 8.78 Å². The lowest BCUT2D eigenvalue weighted by Gasteiger charge is -2.03. The van der Waals surface area contributed by atoms with E-state index in [1.807, 2.05) is 0 Å². The molecular formula is C15H8ClF2NO. The maximum absolute atomic E-state index is 14.1. The summed E-state index contributed by atoms with van der Waals surface area (Å²) in [5.74, 6) is -1.08. The summed E-state index contributed by atoms with van der Waals surface area (Å²) in [6.07, 6.45) is 0.577. The van der Waals surface area contributed by atoms with Gasteiger partial charge < -0.3 is 4.98 Å². The van der Waals surface area contributed by atoms with Crippen molar-refractivity contribution in [1.82, 2.24) is 4.98 Å². The molecule has 0 unspecified atom stereocenters. The van der Waals surface area contributed by atoms with Crippen LogP contribution in [0.5, 0.6) is 0 Å². The van der Waals surface area contributed by atoms with E-state index in [2.05, 4.69) is 4.98 Å². The Hall–Kier alpha value is -2.20. The van der Waals surface area contributed by atoms with Crippen LogP contribution in [-0.2, 0) is 0 Å². The number of halogens is 3. The fourth-order valence-corrected chi connectivity index (χ4v) is 2.39. The molecule has 5 heteroatoms. The zero-order valence-corrected chi connectivity index (χ0v) is 10.8. The minimum absolute atomic E-state index is 0.0378. The molecule has 0 aliphatic heterocycles. The number of fused-ring (bicyclic) bond motifs is 1. The number of aromatic nitrogens is 1. The Balaban J connectivity index is 2.36. The van der Waals surface area contributed by atoms with Crippen molar-refractivity contribution in [2.24, 2.45) is 0 Å². The number of hydrogen-bond acceptors (Lipinski definition) is 1. The number of rotatable bonds is 2. The predicted octanol–water partition coefficient (Wildman–Crippen LogP) is 4.58. The molecule has 3 rings (SSSR count). The number of aromatic amines is 1. The largest absolute Gasteiger partial charge is 0.354 e. The van der Waals surface area contributed by atoms with E-state index in [0.717, 1.165) is 0 Å². The standard InChI is InChI=1S/C15H8ClF2NO/c16-12-3-1-2-9(14(12)18)15-11(7-20)10-6-8(17)4-5-13(10)19-15/h1-7,19H. The first-order valence-corrected chi connectivity index (χ1v) is 6.20. The molecule has 0 fully saturated rings. The van der Waals surface area contributed by atoms with Crippen molar-refractivity contribution in [2.45, 2.75) is 0 Å². The minimum atomic E-state index is -0.621. The summed E-state index contributed by atoms with van der Waals surface area (Å²) in [5.41, 5.74) is 1.24. The monoisotopic (exact) mass is 291 g/mol. The molecule has 100 valence electrons. The fraction of sp³-hybridized carbons (Fsp3) is 0. The van der Waals surface area contributed by atoms with Crippen LogP contribution in [-0.4, -0.2) is 11.3 Å². The third kappa shape index (κ3) is 1.89. The van der Waals surface area contributed by atoms with Crippen molar-refractivity contribution in [1.29, 1.82) is 0 Å². The second-order valence-electron chi connectivity index (χ2n) is 4.32. The minimum Gasteiger partial charge on any atom is -0.354 e. The van der Waals surface area contributed by atoms with Crippen molar-refractivity contribution in [3.05, 3.63) is 58.6 Å². The first-order valence-electron chi connectivity index (χ1n) is 5.82. The average molecular weight is 292 g/mol. The van der Waals surface area contributed by atoms with E-state index < -0.39 is 11.6 Å². The number of H-pyrrole nitrogens is 1.